The highest BCUT2D eigenvalue weighted by Crippen LogP contribution is 2.28. The molecule has 0 radical (unpaired) electrons. The Balaban J connectivity index is 1.91. The molecule has 26 heavy (non-hydrogen) atoms. The van der Waals surface area contributed by atoms with Gasteiger partial charge in [-0.25, -0.2) is 0 Å². The molecule has 0 heterocycles. The van der Waals surface area contributed by atoms with Crippen molar-refractivity contribution in [3.05, 3.63) is 59.7 Å². The first-order valence-corrected chi connectivity index (χ1v) is 9.29. The smallest absolute Gasteiger partial charge is 0.251 e. The molecule has 0 bridgehead atoms. The van der Waals surface area contributed by atoms with Gasteiger partial charge in [0.15, 0.2) is 11.5 Å². The number of nitrogens with one attached hydrogen (secondary N) is 1. The van der Waals surface area contributed by atoms with Crippen molar-refractivity contribution >= 4 is 5.91 Å². The standard InChI is InChI=1S/C22H29NO3/c1-4-5-15-26-20-14-13-19(16-21(20)25-3)22(24)23-17(2)11-12-18-9-7-6-8-10-18/h6-10,13-14,16-17H,4-5,11-12,15H2,1-3H3,(H,23,24). The molecule has 0 aliphatic heterocycles. The lowest BCUT2D eigenvalue weighted by Gasteiger charge is -2.15. The second kappa shape index (κ2) is 10.5. The minimum Gasteiger partial charge on any atom is -0.493 e. The number of unbranched alkanes of at least 4 members (excludes halogenated alkanes) is 1. The quantitative estimate of drug-likeness (QED) is 0.632. The molecular formula is C22H29NO3. The zero-order valence-corrected chi connectivity index (χ0v) is 16.0. The summed E-state index contributed by atoms with van der Waals surface area (Å²) in [5.41, 5.74) is 1.86. The third-order valence-corrected chi connectivity index (χ3v) is 4.27. The second-order valence-corrected chi connectivity index (χ2v) is 6.47. The molecule has 1 atom stereocenters. The van der Waals surface area contributed by atoms with E-state index in [2.05, 4.69) is 24.4 Å². The Kier molecular flexibility index (Phi) is 8.00. The van der Waals surface area contributed by atoms with Gasteiger partial charge >= 0.3 is 0 Å². The number of rotatable bonds is 10. The number of methoxy groups -OCH3 is 1. The maximum absolute atomic E-state index is 12.5. The number of aryl methyl sites for hydroxylation is 1. The zero-order chi connectivity index (χ0) is 18.8. The van der Waals surface area contributed by atoms with Crippen LogP contribution in [0.15, 0.2) is 48.5 Å². The molecule has 2 rings (SSSR count). The van der Waals surface area contributed by atoms with Crippen LogP contribution >= 0.6 is 0 Å². The summed E-state index contributed by atoms with van der Waals surface area (Å²) in [5.74, 6) is 1.17. The van der Waals surface area contributed by atoms with E-state index in [9.17, 15) is 4.79 Å². The van der Waals surface area contributed by atoms with E-state index < -0.39 is 0 Å². The average Bonchev–Trinajstić information content (AvgIpc) is 2.67. The van der Waals surface area contributed by atoms with Crippen molar-refractivity contribution in [3.8, 4) is 11.5 Å². The normalized spacial score (nSPS) is 11.7. The summed E-state index contributed by atoms with van der Waals surface area (Å²) in [4.78, 5) is 12.5. The summed E-state index contributed by atoms with van der Waals surface area (Å²) in [5, 5.41) is 3.05. The number of ether oxygens (including phenoxy) is 2. The van der Waals surface area contributed by atoms with Gasteiger partial charge in [0.05, 0.1) is 13.7 Å². The number of benzene rings is 2. The molecule has 0 spiro atoms. The molecule has 0 saturated carbocycles. The van der Waals surface area contributed by atoms with Crippen LogP contribution in [0.3, 0.4) is 0 Å². The number of hydrogen-bond acceptors (Lipinski definition) is 3. The number of carbonyl (C=O) groups excluding carboxylic acids is 1. The van der Waals surface area contributed by atoms with E-state index >= 15 is 0 Å². The van der Waals surface area contributed by atoms with Gasteiger partial charge in [0.2, 0.25) is 0 Å². The molecule has 4 nitrogen and oxygen atoms in total. The number of carbonyl (C=O) groups is 1. The lowest BCUT2D eigenvalue weighted by Crippen LogP contribution is -2.32. The monoisotopic (exact) mass is 355 g/mol. The Hall–Kier alpha value is -2.49. The number of amides is 1. The molecule has 0 aliphatic rings. The van der Waals surface area contributed by atoms with Crippen LogP contribution in [0, 0.1) is 0 Å². The van der Waals surface area contributed by atoms with Gasteiger partial charge in [0.1, 0.15) is 0 Å². The molecule has 0 fully saturated rings. The highest BCUT2D eigenvalue weighted by molar-refractivity contribution is 5.95. The van der Waals surface area contributed by atoms with E-state index in [0.717, 1.165) is 25.7 Å². The zero-order valence-electron chi connectivity index (χ0n) is 16.0. The van der Waals surface area contributed by atoms with E-state index in [0.29, 0.717) is 23.7 Å². The first-order chi connectivity index (χ1) is 12.6. The van der Waals surface area contributed by atoms with Crippen LogP contribution in [0.2, 0.25) is 0 Å². The van der Waals surface area contributed by atoms with Crippen LogP contribution in [-0.2, 0) is 6.42 Å². The largest absolute Gasteiger partial charge is 0.493 e. The Labute approximate surface area is 156 Å². The van der Waals surface area contributed by atoms with Crippen molar-refractivity contribution in [3.63, 3.8) is 0 Å². The van der Waals surface area contributed by atoms with Crippen LogP contribution in [0.1, 0.15) is 49.0 Å². The number of hydrogen-bond donors (Lipinski definition) is 1. The Morgan fingerprint density at radius 2 is 1.88 bits per heavy atom. The molecule has 2 aromatic rings. The minimum absolute atomic E-state index is 0.0918. The van der Waals surface area contributed by atoms with Crippen LogP contribution < -0.4 is 14.8 Å². The lowest BCUT2D eigenvalue weighted by atomic mass is 10.1. The molecule has 1 N–H and O–H groups in total. The Morgan fingerprint density at radius 1 is 1.12 bits per heavy atom. The summed E-state index contributed by atoms with van der Waals surface area (Å²) < 4.78 is 11.1. The molecule has 2 aromatic carbocycles. The van der Waals surface area contributed by atoms with Crippen molar-refractivity contribution in [1.29, 1.82) is 0 Å². The van der Waals surface area contributed by atoms with Crippen molar-refractivity contribution in [2.45, 2.75) is 45.6 Å². The van der Waals surface area contributed by atoms with E-state index in [1.165, 1.54) is 5.56 Å². The summed E-state index contributed by atoms with van der Waals surface area (Å²) in [6.07, 6.45) is 3.90. The van der Waals surface area contributed by atoms with Gasteiger partial charge in [-0.1, -0.05) is 43.7 Å². The van der Waals surface area contributed by atoms with Crippen molar-refractivity contribution in [2.24, 2.45) is 0 Å². The van der Waals surface area contributed by atoms with Gasteiger partial charge in [0, 0.05) is 11.6 Å². The molecule has 1 amide bonds. The molecule has 1 unspecified atom stereocenters. The minimum atomic E-state index is -0.0935. The van der Waals surface area contributed by atoms with Crippen molar-refractivity contribution in [2.75, 3.05) is 13.7 Å². The van der Waals surface area contributed by atoms with E-state index in [1.807, 2.05) is 25.1 Å². The first kappa shape index (κ1) is 19.8. The van der Waals surface area contributed by atoms with Gasteiger partial charge in [-0.3, -0.25) is 4.79 Å². The first-order valence-electron chi connectivity index (χ1n) is 9.29. The fourth-order valence-electron chi connectivity index (χ4n) is 2.66. The van der Waals surface area contributed by atoms with Gasteiger partial charge < -0.3 is 14.8 Å². The predicted octanol–water partition coefficient (Wildman–Crippen LogP) is 4.63. The van der Waals surface area contributed by atoms with E-state index in [1.54, 1.807) is 25.3 Å². The molecule has 0 aromatic heterocycles. The summed E-state index contributed by atoms with van der Waals surface area (Å²) >= 11 is 0. The fourth-order valence-corrected chi connectivity index (χ4v) is 2.66. The van der Waals surface area contributed by atoms with Crippen LogP contribution in [0.5, 0.6) is 11.5 Å². The molecule has 0 aliphatic carbocycles. The average molecular weight is 355 g/mol. The van der Waals surface area contributed by atoms with Gasteiger partial charge in [0.25, 0.3) is 5.91 Å². The molecular weight excluding hydrogens is 326 g/mol. The van der Waals surface area contributed by atoms with Crippen LogP contribution in [-0.4, -0.2) is 25.7 Å². The van der Waals surface area contributed by atoms with Gasteiger partial charge in [-0.05, 0) is 49.9 Å². The highest BCUT2D eigenvalue weighted by atomic mass is 16.5. The fraction of sp³-hybridized carbons (Fsp3) is 0.409. The van der Waals surface area contributed by atoms with Crippen LogP contribution in [0.4, 0.5) is 0 Å². The maximum Gasteiger partial charge on any atom is 0.251 e. The van der Waals surface area contributed by atoms with E-state index in [-0.39, 0.29) is 11.9 Å². The second-order valence-electron chi connectivity index (χ2n) is 6.47. The molecule has 140 valence electrons. The SMILES string of the molecule is CCCCOc1ccc(C(=O)NC(C)CCc2ccccc2)cc1OC. The van der Waals surface area contributed by atoms with Crippen LogP contribution in [0.25, 0.3) is 0 Å². The third kappa shape index (κ3) is 6.10. The third-order valence-electron chi connectivity index (χ3n) is 4.27. The van der Waals surface area contributed by atoms with E-state index in [4.69, 9.17) is 9.47 Å². The molecule has 0 saturated heterocycles. The van der Waals surface area contributed by atoms with Crippen molar-refractivity contribution in [1.82, 2.24) is 5.32 Å². The molecule has 4 heteroatoms. The highest BCUT2D eigenvalue weighted by Gasteiger charge is 2.13. The predicted molar refractivity (Wildman–Crippen MR) is 105 cm³/mol. The summed E-state index contributed by atoms with van der Waals surface area (Å²) in [6, 6.07) is 15.7. The van der Waals surface area contributed by atoms with Gasteiger partial charge in [-0.2, -0.15) is 0 Å². The maximum atomic E-state index is 12.5. The van der Waals surface area contributed by atoms with Crippen molar-refractivity contribution < 1.29 is 14.3 Å². The lowest BCUT2D eigenvalue weighted by molar-refractivity contribution is 0.0938. The Bertz CT molecular complexity index is 685. The Morgan fingerprint density at radius 3 is 2.58 bits per heavy atom. The summed E-state index contributed by atoms with van der Waals surface area (Å²) in [6.45, 7) is 4.79. The van der Waals surface area contributed by atoms with Gasteiger partial charge in [-0.15, -0.1) is 0 Å². The summed E-state index contributed by atoms with van der Waals surface area (Å²) in [7, 11) is 1.59. The topological polar surface area (TPSA) is 47.6 Å².